The van der Waals surface area contributed by atoms with Crippen LogP contribution in [0.15, 0.2) is 23.0 Å². The van der Waals surface area contributed by atoms with Crippen LogP contribution in [0.1, 0.15) is 6.42 Å². The van der Waals surface area contributed by atoms with Gasteiger partial charge in [0.25, 0.3) is 0 Å². The molecule has 0 atom stereocenters. The zero-order valence-corrected chi connectivity index (χ0v) is 8.92. The first-order valence-corrected chi connectivity index (χ1v) is 5.18. The van der Waals surface area contributed by atoms with Gasteiger partial charge in [-0.1, -0.05) is 11.6 Å². The Hall–Kier alpha value is -1.26. The molecule has 0 amide bonds. The zero-order chi connectivity index (χ0) is 10.8. The molecule has 2 aromatic rings. The number of nitrogens with zero attached hydrogens (tertiary/aromatic N) is 1. The Labute approximate surface area is 91.7 Å². The number of H-pyrrole nitrogens is 1. The van der Waals surface area contributed by atoms with Crippen molar-refractivity contribution < 1.29 is 0 Å². The number of fused-ring (bicyclic) bond motifs is 1. The average molecular weight is 226 g/mol. The number of aromatic nitrogens is 2. The summed E-state index contributed by atoms with van der Waals surface area (Å²) >= 11 is 5.88. The van der Waals surface area contributed by atoms with Gasteiger partial charge in [-0.15, -0.1) is 0 Å². The Morgan fingerprint density at radius 3 is 3.00 bits per heavy atom. The Kier molecular flexibility index (Phi) is 2.79. The number of imidazole rings is 1. The van der Waals surface area contributed by atoms with Crippen molar-refractivity contribution in [1.29, 1.82) is 0 Å². The van der Waals surface area contributed by atoms with E-state index < -0.39 is 0 Å². The lowest BCUT2D eigenvalue weighted by Gasteiger charge is -2.01. The maximum Gasteiger partial charge on any atom is 0.326 e. The SMILES string of the molecule is NCCCn1c(=O)[nH]c2ccc(Cl)cc21. The van der Waals surface area contributed by atoms with Crippen LogP contribution in [-0.2, 0) is 6.54 Å². The molecule has 3 N–H and O–H groups in total. The third-order valence-electron chi connectivity index (χ3n) is 2.32. The topological polar surface area (TPSA) is 63.8 Å². The molecule has 1 aromatic carbocycles. The Morgan fingerprint density at radius 1 is 1.47 bits per heavy atom. The highest BCUT2D eigenvalue weighted by Crippen LogP contribution is 2.16. The highest BCUT2D eigenvalue weighted by molar-refractivity contribution is 6.31. The van der Waals surface area contributed by atoms with Gasteiger partial charge >= 0.3 is 5.69 Å². The third kappa shape index (κ3) is 1.91. The van der Waals surface area contributed by atoms with Crippen molar-refractivity contribution in [3.8, 4) is 0 Å². The molecule has 0 aliphatic carbocycles. The minimum absolute atomic E-state index is 0.110. The molecular weight excluding hydrogens is 214 g/mol. The van der Waals surface area contributed by atoms with Crippen molar-refractivity contribution in [3.05, 3.63) is 33.7 Å². The van der Waals surface area contributed by atoms with Gasteiger partial charge in [0.1, 0.15) is 0 Å². The average Bonchev–Trinajstić information content (AvgIpc) is 2.51. The number of nitrogens with one attached hydrogen (secondary N) is 1. The molecule has 15 heavy (non-hydrogen) atoms. The molecule has 0 fully saturated rings. The highest BCUT2D eigenvalue weighted by atomic mass is 35.5. The molecule has 0 bridgehead atoms. The van der Waals surface area contributed by atoms with Gasteiger partial charge in [-0.3, -0.25) is 4.57 Å². The largest absolute Gasteiger partial charge is 0.330 e. The van der Waals surface area contributed by atoms with E-state index >= 15 is 0 Å². The monoisotopic (exact) mass is 225 g/mol. The van der Waals surface area contributed by atoms with Gasteiger partial charge in [0.2, 0.25) is 0 Å². The number of nitrogens with two attached hydrogens (primary N) is 1. The fourth-order valence-electron chi connectivity index (χ4n) is 1.60. The molecule has 80 valence electrons. The molecule has 0 radical (unpaired) electrons. The molecular formula is C10H12ClN3O. The molecule has 0 saturated heterocycles. The summed E-state index contributed by atoms with van der Waals surface area (Å²) < 4.78 is 1.66. The maximum absolute atomic E-state index is 11.6. The van der Waals surface area contributed by atoms with E-state index in [0.717, 1.165) is 17.5 Å². The fourth-order valence-corrected chi connectivity index (χ4v) is 1.76. The van der Waals surface area contributed by atoms with E-state index in [1.807, 2.05) is 0 Å². The summed E-state index contributed by atoms with van der Waals surface area (Å²) in [6.07, 6.45) is 0.777. The van der Waals surface area contributed by atoms with Crippen molar-refractivity contribution in [2.24, 2.45) is 5.73 Å². The maximum atomic E-state index is 11.6. The standard InChI is InChI=1S/C10H12ClN3O/c11-7-2-3-8-9(6-7)14(5-1-4-12)10(15)13-8/h2-3,6H,1,4-5,12H2,(H,13,15). The Bertz CT molecular complexity index is 529. The predicted octanol–water partition coefficient (Wildman–Crippen LogP) is 1.33. The summed E-state index contributed by atoms with van der Waals surface area (Å²) in [5.74, 6) is 0. The minimum atomic E-state index is -0.110. The summed E-state index contributed by atoms with van der Waals surface area (Å²) in [4.78, 5) is 14.4. The molecule has 1 heterocycles. The van der Waals surface area contributed by atoms with Crippen LogP contribution in [0.3, 0.4) is 0 Å². The van der Waals surface area contributed by atoms with Gasteiger partial charge < -0.3 is 10.7 Å². The number of rotatable bonds is 3. The molecule has 1 aromatic heterocycles. The molecule has 0 spiro atoms. The molecule has 2 rings (SSSR count). The zero-order valence-electron chi connectivity index (χ0n) is 8.16. The van der Waals surface area contributed by atoms with Crippen LogP contribution in [-0.4, -0.2) is 16.1 Å². The second-order valence-corrected chi connectivity index (χ2v) is 3.82. The lowest BCUT2D eigenvalue weighted by atomic mass is 10.3. The van der Waals surface area contributed by atoms with Crippen molar-refractivity contribution in [1.82, 2.24) is 9.55 Å². The van der Waals surface area contributed by atoms with E-state index in [-0.39, 0.29) is 5.69 Å². The second-order valence-electron chi connectivity index (χ2n) is 3.39. The quantitative estimate of drug-likeness (QED) is 0.828. The highest BCUT2D eigenvalue weighted by Gasteiger charge is 2.05. The van der Waals surface area contributed by atoms with Crippen molar-refractivity contribution >= 4 is 22.6 Å². The van der Waals surface area contributed by atoms with Crippen molar-refractivity contribution in [3.63, 3.8) is 0 Å². The van der Waals surface area contributed by atoms with Crippen LogP contribution in [0.25, 0.3) is 11.0 Å². The van der Waals surface area contributed by atoms with Gasteiger partial charge in [0, 0.05) is 11.6 Å². The lowest BCUT2D eigenvalue weighted by molar-refractivity contribution is 0.647. The second kappa shape index (κ2) is 4.08. The molecule has 4 nitrogen and oxygen atoms in total. The van der Waals surface area contributed by atoms with Gasteiger partial charge in [0.05, 0.1) is 11.0 Å². The van der Waals surface area contributed by atoms with Crippen LogP contribution < -0.4 is 11.4 Å². The van der Waals surface area contributed by atoms with E-state index in [0.29, 0.717) is 18.1 Å². The van der Waals surface area contributed by atoms with E-state index in [2.05, 4.69) is 4.98 Å². The van der Waals surface area contributed by atoms with E-state index in [9.17, 15) is 4.79 Å². The molecule has 0 aliphatic rings. The fraction of sp³-hybridized carbons (Fsp3) is 0.300. The van der Waals surface area contributed by atoms with Crippen LogP contribution >= 0.6 is 11.6 Å². The van der Waals surface area contributed by atoms with Crippen molar-refractivity contribution in [2.45, 2.75) is 13.0 Å². The van der Waals surface area contributed by atoms with Gasteiger partial charge in [-0.2, -0.15) is 0 Å². The van der Waals surface area contributed by atoms with Crippen LogP contribution in [0.2, 0.25) is 5.02 Å². The van der Waals surface area contributed by atoms with Gasteiger partial charge in [-0.25, -0.2) is 4.79 Å². The first kappa shape index (κ1) is 10.3. The molecule has 0 unspecified atom stereocenters. The predicted molar refractivity (Wildman–Crippen MR) is 61.2 cm³/mol. The summed E-state index contributed by atoms with van der Waals surface area (Å²) in [6, 6.07) is 5.34. The van der Waals surface area contributed by atoms with Crippen LogP contribution in [0.5, 0.6) is 0 Å². The summed E-state index contributed by atoms with van der Waals surface area (Å²) in [6.45, 7) is 1.19. The van der Waals surface area contributed by atoms with Crippen molar-refractivity contribution in [2.75, 3.05) is 6.54 Å². The normalized spacial score (nSPS) is 11.1. The number of hydrogen-bond donors (Lipinski definition) is 2. The Morgan fingerprint density at radius 2 is 2.27 bits per heavy atom. The minimum Gasteiger partial charge on any atom is -0.330 e. The van der Waals surface area contributed by atoms with E-state index in [1.54, 1.807) is 22.8 Å². The van der Waals surface area contributed by atoms with E-state index in [1.165, 1.54) is 0 Å². The third-order valence-corrected chi connectivity index (χ3v) is 2.56. The summed E-state index contributed by atoms with van der Waals surface area (Å²) in [7, 11) is 0. The first-order valence-electron chi connectivity index (χ1n) is 4.80. The lowest BCUT2D eigenvalue weighted by Crippen LogP contribution is -2.18. The van der Waals surface area contributed by atoms with Crippen LogP contribution in [0.4, 0.5) is 0 Å². The number of benzene rings is 1. The molecule has 0 aliphatic heterocycles. The van der Waals surface area contributed by atoms with E-state index in [4.69, 9.17) is 17.3 Å². The van der Waals surface area contributed by atoms with Crippen LogP contribution in [0, 0.1) is 0 Å². The number of hydrogen-bond acceptors (Lipinski definition) is 2. The molecule has 0 saturated carbocycles. The number of aromatic amines is 1. The Balaban J connectivity index is 2.55. The van der Waals surface area contributed by atoms with Gasteiger partial charge in [-0.05, 0) is 31.2 Å². The molecule has 5 heteroatoms. The smallest absolute Gasteiger partial charge is 0.326 e. The van der Waals surface area contributed by atoms with Gasteiger partial charge in [0.15, 0.2) is 0 Å². The summed E-state index contributed by atoms with van der Waals surface area (Å²) in [5.41, 5.74) is 6.95. The number of aryl methyl sites for hydroxylation is 1. The first-order chi connectivity index (χ1) is 7.22. The summed E-state index contributed by atoms with van der Waals surface area (Å²) in [5, 5.41) is 0.628. The number of halogens is 1.